The van der Waals surface area contributed by atoms with E-state index in [-0.39, 0.29) is 10.8 Å². The van der Waals surface area contributed by atoms with Gasteiger partial charge in [-0.3, -0.25) is 8.80 Å². The Labute approximate surface area is 153 Å². The molecule has 4 rings (SSSR count). The van der Waals surface area contributed by atoms with Gasteiger partial charge in [0.05, 0.1) is 0 Å². The van der Waals surface area contributed by atoms with Gasteiger partial charge in [0.15, 0.2) is 11.3 Å². The smallest absolute Gasteiger partial charge is 0.164 e. The van der Waals surface area contributed by atoms with Crippen molar-refractivity contribution in [2.45, 2.75) is 52.4 Å². The zero-order valence-corrected chi connectivity index (χ0v) is 16.3. The molecule has 4 aromatic rings. The largest absolute Gasteiger partial charge is 0.289 e. The van der Waals surface area contributed by atoms with Crippen molar-refractivity contribution in [1.29, 1.82) is 0 Å². The van der Waals surface area contributed by atoms with Gasteiger partial charge in [0.25, 0.3) is 0 Å². The Balaban J connectivity index is 0.000000151. The molecule has 0 saturated heterocycles. The van der Waals surface area contributed by atoms with Crippen LogP contribution in [0.25, 0.3) is 11.3 Å². The number of aromatic nitrogens is 6. The molecule has 4 aromatic heterocycles. The third-order valence-corrected chi connectivity index (χ3v) is 4.30. The van der Waals surface area contributed by atoms with Crippen molar-refractivity contribution in [3.05, 3.63) is 60.4 Å². The molecule has 0 aliphatic heterocycles. The maximum absolute atomic E-state index is 4.10. The van der Waals surface area contributed by atoms with E-state index in [0.29, 0.717) is 0 Å². The molecule has 26 heavy (non-hydrogen) atoms. The molecule has 4 heterocycles. The Morgan fingerprint density at radius 3 is 2.15 bits per heavy atom. The van der Waals surface area contributed by atoms with Crippen molar-refractivity contribution in [3.63, 3.8) is 0 Å². The van der Waals surface area contributed by atoms with Gasteiger partial charge in [-0.05, 0) is 34.6 Å². The average molecular weight is 350 g/mol. The van der Waals surface area contributed by atoms with Gasteiger partial charge in [0, 0.05) is 18.0 Å². The van der Waals surface area contributed by atoms with E-state index in [9.17, 15) is 0 Å². The van der Waals surface area contributed by atoms with Crippen LogP contribution in [0.1, 0.15) is 52.7 Å². The third-order valence-electron chi connectivity index (χ3n) is 4.30. The fraction of sp³-hybridized carbons (Fsp3) is 0.400. The summed E-state index contributed by atoms with van der Waals surface area (Å²) in [4.78, 5) is 0. The normalized spacial score (nSPS) is 12.2. The van der Waals surface area contributed by atoms with Crippen LogP contribution >= 0.6 is 0 Å². The lowest BCUT2D eigenvalue weighted by atomic mass is 9.88. The van der Waals surface area contributed by atoms with E-state index in [1.807, 2.05) is 27.3 Å². The van der Waals surface area contributed by atoms with Crippen LogP contribution in [0, 0.1) is 0 Å². The zero-order valence-electron chi connectivity index (χ0n) is 16.3. The number of rotatable bonds is 0. The zero-order chi connectivity index (χ0) is 18.9. The molecular formula is C20H26N6. The molecular weight excluding hydrogens is 324 g/mol. The lowest BCUT2D eigenvalue weighted by Crippen LogP contribution is -2.12. The van der Waals surface area contributed by atoms with Crippen molar-refractivity contribution in [3.8, 4) is 0 Å². The molecule has 136 valence electrons. The standard InChI is InChI=1S/2C10H13N3/c1-10(2,3)8-4-5-13-7-11-12-9(13)6-8;1-10(2,3)8-5-4-6-13-7-11-12-9(8)13/h2*4-7H,1-3H3. The Morgan fingerprint density at radius 2 is 1.46 bits per heavy atom. The Bertz CT molecular complexity index is 1010. The van der Waals surface area contributed by atoms with Gasteiger partial charge in [-0.25, -0.2) is 0 Å². The molecule has 0 aliphatic carbocycles. The average Bonchev–Trinajstić information content (AvgIpc) is 3.21. The fourth-order valence-electron chi connectivity index (χ4n) is 2.72. The first-order chi connectivity index (χ1) is 12.2. The number of nitrogens with zero attached hydrogens (tertiary/aromatic N) is 6. The minimum Gasteiger partial charge on any atom is -0.289 e. The summed E-state index contributed by atoms with van der Waals surface area (Å²) in [5.74, 6) is 0. The molecule has 0 N–H and O–H groups in total. The summed E-state index contributed by atoms with van der Waals surface area (Å²) in [7, 11) is 0. The van der Waals surface area contributed by atoms with Crippen molar-refractivity contribution in [1.82, 2.24) is 29.2 Å². The molecule has 0 radical (unpaired) electrons. The minimum atomic E-state index is 0.121. The number of fused-ring (bicyclic) bond motifs is 2. The number of hydrogen-bond donors (Lipinski definition) is 0. The topological polar surface area (TPSA) is 60.4 Å². The van der Waals surface area contributed by atoms with Crippen LogP contribution in [0.5, 0.6) is 0 Å². The van der Waals surface area contributed by atoms with E-state index in [0.717, 1.165) is 11.3 Å². The molecule has 0 bridgehead atoms. The van der Waals surface area contributed by atoms with Crippen LogP contribution in [0.15, 0.2) is 49.3 Å². The predicted octanol–water partition coefficient (Wildman–Crippen LogP) is 4.05. The minimum absolute atomic E-state index is 0.121. The summed E-state index contributed by atoms with van der Waals surface area (Å²) < 4.78 is 3.86. The van der Waals surface area contributed by atoms with Crippen LogP contribution < -0.4 is 0 Å². The highest BCUT2D eigenvalue weighted by Crippen LogP contribution is 2.24. The quantitative estimate of drug-likeness (QED) is 0.480. The van der Waals surface area contributed by atoms with Gasteiger partial charge in [0.2, 0.25) is 0 Å². The molecule has 0 spiro atoms. The van der Waals surface area contributed by atoms with Crippen LogP contribution in [0.2, 0.25) is 0 Å². The van der Waals surface area contributed by atoms with Crippen LogP contribution in [0.4, 0.5) is 0 Å². The summed E-state index contributed by atoms with van der Waals surface area (Å²) >= 11 is 0. The van der Waals surface area contributed by atoms with Crippen molar-refractivity contribution in [2.24, 2.45) is 0 Å². The van der Waals surface area contributed by atoms with Crippen LogP contribution in [0.3, 0.4) is 0 Å². The van der Waals surface area contributed by atoms with Gasteiger partial charge >= 0.3 is 0 Å². The van der Waals surface area contributed by atoms with Gasteiger partial charge in [-0.2, -0.15) is 0 Å². The Morgan fingerprint density at radius 1 is 0.769 bits per heavy atom. The van der Waals surface area contributed by atoms with Crippen LogP contribution in [-0.4, -0.2) is 29.2 Å². The van der Waals surface area contributed by atoms with E-state index in [4.69, 9.17) is 0 Å². The summed E-state index contributed by atoms with van der Waals surface area (Å²) in [6.07, 6.45) is 7.40. The van der Waals surface area contributed by atoms with Crippen molar-refractivity contribution >= 4 is 11.3 Å². The highest BCUT2D eigenvalue weighted by atomic mass is 15.2. The van der Waals surface area contributed by atoms with Gasteiger partial charge < -0.3 is 0 Å². The SMILES string of the molecule is CC(C)(C)c1cccn2cnnc12.CC(C)(C)c1ccn2cnnc2c1. The highest BCUT2D eigenvalue weighted by molar-refractivity contribution is 5.49. The molecule has 0 unspecified atom stereocenters. The number of pyridine rings is 2. The highest BCUT2D eigenvalue weighted by Gasteiger charge is 2.17. The summed E-state index contributed by atoms with van der Waals surface area (Å²) in [5.41, 5.74) is 4.67. The van der Waals surface area contributed by atoms with Crippen molar-refractivity contribution < 1.29 is 0 Å². The molecule has 0 aromatic carbocycles. The molecule has 6 nitrogen and oxygen atoms in total. The molecule has 6 heteroatoms. The summed E-state index contributed by atoms with van der Waals surface area (Å²) in [6.45, 7) is 13.1. The van der Waals surface area contributed by atoms with Gasteiger partial charge in [0.1, 0.15) is 12.7 Å². The van der Waals surface area contributed by atoms with Gasteiger partial charge in [-0.1, -0.05) is 47.6 Å². The lowest BCUT2D eigenvalue weighted by Gasteiger charge is -2.18. The monoisotopic (exact) mass is 350 g/mol. The van der Waals surface area contributed by atoms with E-state index in [1.54, 1.807) is 12.7 Å². The van der Waals surface area contributed by atoms with E-state index in [2.05, 4.69) is 80.1 Å². The predicted molar refractivity (Wildman–Crippen MR) is 103 cm³/mol. The van der Waals surface area contributed by atoms with Gasteiger partial charge in [-0.15, -0.1) is 20.4 Å². The van der Waals surface area contributed by atoms with E-state index in [1.165, 1.54) is 11.1 Å². The van der Waals surface area contributed by atoms with Crippen LogP contribution in [-0.2, 0) is 10.8 Å². The number of hydrogen-bond acceptors (Lipinski definition) is 4. The third kappa shape index (κ3) is 3.74. The Hall–Kier alpha value is -2.76. The molecule has 0 atom stereocenters. The summed E-state index contributed by atoms with van der Waals surface area (Å²) in [6, 6.07) is 8.31. The first-order valence-electron chi connectivity index (χ1n) is 8.75. The lowest BCUT2D eigenvalue weighted by molar-refractivity contribution is 0.589. The maximum Gasteiger partial charge on any atom is 0.164 e. The fourth-order valence-corrected chi connectivity index (χ4v) is 2.72. The van der Waals surface area contributed by atoms with E-state index < -0.39 is 0 Å². The maximum atomic E-state index is 4.10. The molecule has 0 amide bonds. The molecule has 0 saturated carbocycles. The second-order valence-electron chi connectivity index (χ2n) is 8.50. The van der Waals surface area contributed by atoms with Crippen molar-refractivity contribution in [2.75, 3.05) is 0 Å². The van der Waals surface area contributed by atoms with E-state index >= 15 is 0 Å². The first-order valence-corrected chi connectivity index (χ1v) is 8.75. The second-order valence-corrected chi connectivity index (χ2v) is 8.50. The summed E-state index contributed by atoms with van der Waals surface area (Å²) in [5, 5.41) is 15.8. The molecule has 0 fully saturated rings. The first kappa shape index (κ1) is 18.0. The molecule has 0 aliphatic rings. The second kappa shape index (κ2) is 6.52. The Kier molecular flexibility index (Phi) is 4.52.